The maximum Gasteiger partial charge on any atom is 0.258 e. The van der Waals surface area contributed by atoms with Gasteiger partial charge >= 0.3 is 0 Å². The smallest absolute Gasteiger partial charge is 0.258 e. The Kier molecular flexibility index (Phi) is 4.02. The fraction of sp³-hybridized carbons (Fsp3) is 0.318. The molecule has 0 aliphatic carbocycles. The number of aryl methyl sites for hydroxylation is 2. The van der Waals surface area contributed by atoms with Gasteiger partial charge in [0.1, 0.15) is 5.65 Å². The highest BCUT2D eigenvalue weighted by molar-refractivity contribution is 5.86. The van der Waals surface area contributed by atoms with E-state index >= 15 is 0 Å². The molecule has 1 saturated heterocycles. The van der Waals surface area contributed by atoms with Gasteiger partial charge in [-0.25, -0.2) is 4.98 Å². The molecular weight excluding hydrogens is 350 g/mol. The molecular formula is C22H23N5O. The Morgan fingerprint density at radius 1 is 1.11 bits per heavy atom. The van der Waals surface area contributed by atoms with Crippen LogP contribution in [0.15, 0.2) is 47.5 Å². The molecule has 1 fully saturated rings. The van der Waals surface area contributed by atoms with E-state index in [4.69, 9.17) is 4.98 Å². The number of piperidine rings is 1. The Morgan fingerprint density at radius 3 is 2.75 bits per heavy atom. The van der Waals surface area contributed by atoms with Crippen LogP contribution in [-0.2, 0) is 7.05 Å². The third-order valence-electron chi connectivity index (χ3n) is 5.70. The molecule has 5 rings (SSSR count). The number of nitrogens with one attached hydrogen (secondary N) is 1. The molecule has 4 aromatic rings. The second-order valence-corrected chi connectivity index (χ2v) is 7.73. The van der Waals surface area contributed by atoms with Crippen molar-refractivity contribution in [2.45, 2.75) is 25.7 Å². The van der Waals surface area contributed by atoms with Crippen molar-refractivity contribution < 1.29 is 0 Å². The van der Waals surface area contributed by atoms with Crippen molar-refractivity contribution in [3.63, 3.8) is 0 Å². The molecule has 3 aromatic heterocycles. The van der Waals surface area contributed by atoms with E-state index in [9.17, 15) is 4.79 Å². The van der Waals surface area contributed by atoms with E-state index in [0.29, 0.717) is 17.3 Å². The van der Waals surface area contributed by atoms with Crippen molar-refractivity contribution in [1.82, 2.24) is 24.5 Å². The van der Waals surface area contributed by atoms with E-state index in [1.807, 2.05) is 37.1 Å². The van der Waals surface area contributed by atoms with Gasteiger partial charge in [0.05, 0.1) is 11.2 Å². The lowest BCUT2D eigenvalue weighted by Crippen LogP contribution is -2.27. The van der Waals surface area contributed by atoms with Gasteiger partial charge < -0.3 is 5.32 Å². The summed E-state index contributed by atoms with van der Waals surface area (Å²) in [4.78, 5) is 17.6. The second kappa shape index (κ2) is 6.56. The van der Waals surface area contributed by atoms with Crippen molar-refractivity contribution in [3.8, 4) is 11.3 Å². The molecule has 0 amide bonds. The van der Waals surface area contributed by atoms with Gasteiger partial charge in [0.2, 0.25) is 0 Å². The lowest BCUT2D eigenvalue weighted by Gasteiger charge is -2.23. The molecule has 6 nitrogen and oxygen atoms in total. The zero-order chi connectivity index (χ0) is 19.3. The van der Waals surface area contributed by atoms with Gasteiger partial charge in [0.25, 0.3) is 5.56 Å². The summed E-state index contributed by atoms with van der Waals surface area (Å²) >= 11 is 0. The first-order chi connectivity index (χ1) is 13.6. The minimum absolute atomic E-state index is 0.0419. The molecule has 4 heterocycles. The summed E-state index contributed by atoms with van der Waals surface area (Å²) in [6.07, 6.45) is 6.18. The standard InChI is InChI=1S/C22H23N5O/c1-14-9-17(10-18-12-26(2)25-22(14)18)19-11-21(28)27-13-16(3-4-20(27)24-19)15-5-7-23-8-6-15/h3-4,9-13,15,23H,5-8H2,1-2H3. The van der Waals surface area contributed by atoms with Gasteiger partial charge in [-0.1, -0.05) is 6.07 Å². The number of hydrogen-bond donors (Lipinski definition) is 1. The van der Waals surface area contributed by atoms with Crippen molar-refractivity contribution >= 4 is 16.6 Å². The van der Waals surface area contributed by atoms with Gasteiger partial charge in [0.15, 0.2) is 0 Å². The normalized spacial score (nSPS) is 15.5. The van der Waals surface area contributed by atoms with Crippen LogP contribution in [0.3, 0.4) is 0 Å². The molecule has 0 bridgehead atoms. The van der Waals surface area contributed by atoms with Crippen LogP contribution >= 0.6 is 0 Å². The Balaban J connectivity index is 1.60. The van der Waals surface area contributed by atoms with Crippen molar-refractivity contribution in [2.24, 2.45) is 7.05 Å². The fourth-order valence-corrected chi connectivity index (χ4v) is 4.24. The van der Waals surface area contributed by atoms with Gasteiger partial charge in [-0.2, -0.15) is 5.10 Å². The number of benzene rings is 1. The zero-order valence-electron chi connectivity index (χ0n) is 16.1. The molecule has 1 N–H and O–H groups in total. The first-order valence-electron chi connectivity index (χ1n) is 9.77. The summed E-state index contributed by atoms with van der Waals surface area (Å²) in [5.41, 5.74) is 5.57. The highest BCUT2D eigenvalue weighted by Gasteiger charge is 2.16. The van der Waals surface area contributed by atoms with E-state index in [0.717, 1.165) is 48.0 Å². The van der Waals surface area contributed by atoms with Crippen LogP contribution in [0.2, 0.25) is 0 Å². The Bertz CT molecular complexity index is 1250. The minimum atomic E-state index is -0.0419. The highest BCUT2D eigenvalue weighted by Crippen LogP contribution is 2.27. The number of nitrogens with zero attached hydrogens (tertiary/aromatic N) is 4. The van der Waals surface area contributed by atoms with Gasteiger partial charge in [-0.3, -0.25) is 13.9 Å². The summed E-state index contributed by atoms with van der Waals surface area (Å²) in [6, 6.07) is 9.83. The van der Waals surface area contributed by atoms with Crippen molar-refractivity contribution in [2.75, 3.05) is 13.1 Å². The number of pyridine rings is 1. The minimum Gasteiger partial charge on any atom is -0.317 e. The molecule has 142 valence electrons. The van der Waals surface area contributed by atoms with E-state index in [1.54, 1.807) is 10.5 Å². The summed E-state index contributed by atoms with van der Waals surface area (Å²) in [5, 5.41) is 8.94. The van der Waals surface area contributed by atoms with E-state index < -0.39 is 0 Å². The molecule has 0 spiro atoms. The van der Waals surface area contributed by atoms with Crippen LogP contribution < -0.4 is 10.9 Å². The number of hydrogen-bond acceptors (Lipinski definition) is 4. The largest absolute Gasteiger partial charge is 0.317 e. The Labute approximate surface area is 162 Å². The third-order valence-corrected chi connectivity index (χ3v) is 5.70. The average Bonchev–Trinajstić information content (AvgIpc) is 3.09. The van der Waals surface area contributed by atoms with E-state index in [2.05, 4.69) is 28.6 Å². The lowest BCUT2D eigenvalue weighted by molar-refractivity contribution is 0.459. The number of aromatic nitrogens is 4. The van der Waals surface area contributed by atoms with Crippen LogP contribution in [0.5, 0.6) is 0 Å². The maximum absolute atomic E-state index is 12.9. The van der Waals surface area contributed by atoms with Crippen molar-refractivity contribution in [1.29, 1.82) is 0 Å². The van der Waals surface area contributed by atoms with Gasteiger partial charge in [-0.15, -0.1) is 0 Å². The molecule has 1 aliphatic heterocycles. The zero-order valence-corrected chi connectivity index (χ0v) is 16.1. The van der Waals surface area contributed by atoms with Crippen LogP contribution in [0.1, 0.15) is 29.9 Å². The summed E-state index contributed by atoms with van der Waals surface area (Å²) in [6.45, 7) is 4.11. The Hall–Kier alpha value is -2.99. The highest BCUT2D eigenvalue weighted by atomic mass is 16.1. The average molecular weight is 373 g/mol. The van der Waals surface area contributed by atoms with Gasteiger partial charge in [0, 0.05) is 36.5 Å². The third kappa shape index (κ3) is 2.90. The predicted molar refractivity (Wildman–Crippen MR) is 111 cm³/mol. The van der Waals surface area contributed by atoms with Crippen LogP contribution in [0.25, 0.3) is 27.8 Å². The molecule has 28 heavy (non-hydrogen) atoms. The van der Waals surface area contributed by atoms with Gasteiger partial charge in [-0.05, 0) is 68.1 Å². The quantitative estimate of drug-likeness (QED) is 0.587. The van der Waals surface area contributed by atoms with Crippen LogP contribution in [0.4, 0.5) is 0 Å². The van der Waals surface area contributed by atoms with Crippen LogP contribution in [0, 0.1) is 6.92 Å². The molecule has 0 saturated carbocycles. The monoisotopic (exact) mass is 373 g/mol. The van der Waals surface area contributed by atoms with Crippen LogP contribution in [-0.4, -0.2) is 32.3 Å². The molecule has 0 unspecified atom stereocenters. The summed E-state index contributed by atoms with van der Waals surface area (Å²) in [7, 11) is 1.92. The molecule has 0 radical (unpaired) electrons. The molecule has 0 atom stereocenters. The maximum atomic E-state index is 12.9. The number of rotatable bonds is 2. The summed E-state index contributed by atoms with van der Waals surface area (Å²) in [5.74, 6) is 0.507. The topological polar surface area (TPSA) is 64.2 Å². The molecule has 1 aromatic carbocycles. The van der Waals surface area contributed by atoms with Crippen molar-refractivity contribution in [3.05, 3.63) is 64.2 Å². The molecule has 1 aliphatic rings. The predicted octanol–water partition coefficient (Wildman–Crippen LogP) is 3.02. The lowest BCUT2D eigenvalue weighted by atomic mass is 9.91. The Morgan fingerprint density at radius 2 is 1.93 bits per heavy atom. The van der Waals surface area contributed by atoms with E-state index in [-0.39, 0.29) is 5.56 Å². The SMILES string of the molecule is Cc1cc(-c2cc(=O)n3cc(C4CCNCC4)ccc3n2)cc2cn(C)nc12. The fourth-order valence-electron chi connectivity index (χ4n) is 4.24. The molecule has 6 heteroatoms. The first-order valence-corrected chi connectivity index (χ1v) is 9.77. The second-order valence-electron chi connectivity index (χ2n) is 7.73. The van der Waals surface area contributed by atoms with E-state index in [1.165, 1.54) is 5.56 Å². The first kappa shape index (κ1) is 17.1. The number of fused-ring (bicyclic) bond motifs is 2. The summed E-state index contributed by atoms with van der Waals surface area (Å²) < 4.78 is 3.49.